The Kier molecular flexibility index (Phi) is 7.33. The summed E-state index contributed by atoms with van der Waals surface area (Å²) in [5.74, 6) is 0.500. The molecule has 40 heavy (non-hydrogen) atoms. The summed E-state index contributed by atoms with van der Waals surface area (Å²) in [6.45, 7) is 3.74. The van der Waals surface area contributed by atoms with E-state index in [1.807, 2.05) is 55.5 Å². The summed E-state index contributed by atoms with van der Waals surface area (Å²) < 4.78 is 18.8. The van der Waals surface area contributed by atoms with Gasteiger partial charge in [-0.05, 0) is 55.2 Å². The number of ether oxygens (including phenoxy) is 3. The van der Waals surface area contributed by atoms with Gasteiger partial charge in [-0.15, -0.1) is 5.10 Å². The lowest BCUT2D eigenvalue weighted by molar-refractivity contribution is -0.127. The molecule has 2 aliphatic rings. The molecule has 1 aromatic heterocycles. The average molecular weight is 542 g/mol. The number of aromatic nitrogens is 3. The molecule has 3 heterocycles. The fraction of sp³-hybridized carbons (Fsp3) is 0.333. The molecule has 2 amide bonds. The molecule has 0 unspecified atom stereocenters. The summed E-state index contributed by atoms with van der Waals surface area (Å²) in [4.78, 5) is 29.8. The van der Waals surface area contributed by atoms with Crippen molar-refractivity contribution in [2.45, 2.75) is 38.5 Å². The van der Waals surface area contributed by atoms with Gasteiger partial charge in [0.2, 0.25) is 11.8 Å². The van der Waals surface area contributed by atoms with Crippen LogP contribution in [0.25, 0.3) is 11.0 Å². The van der Waals surface area contributed by atoms with E-state index in [1.165, 1.54) is 4.90 Å². The second kappa shape index (κ2) is 11.4. The highest BCUT2D eigenvalue weighted by molar-refractivity contribution is 6.02. The Morgan fingerprint density at radius 1 is 1.02 bits per heavy atom. The molecule has 2 atom stereocenters. The predicted octanol–water partition coefficient (Wildman–Crippen LogP) is 3.58. The van der Waals surface area contributed by atoms with Crippen LogP contribution in [0.2, 0.25) is 0 Å². The second-order valence-electron chi connectivity index (χ2n) is 9.97. The quantitative estimate of drug-likeness (QED) is 0.363. The SMILES string of the molecule is Cc1ccccc1[C@H](C(=O)NC[C@@H]1CCCO1)N(C(=O)Cn1nnc2ccccc21)c1ccc2c(c1)OCCO2. The number of para-hydroxylation sites is 1. The summed E-state index contributed by atoms with van der Waals surface area (Å²) in [6, 6.07) is 19.4. The van der Waals surface area contributed by atoms with Crippen LogP contribution in [0.3, 0.4) is 0 Å². The van der Waals surface area contributed by atoms with E-state index in [9.17, 15) is 9.59 Å². The second-order valence-corrected chi connectivity index (χ2v) is 9.97. The number of aryl methyl sites for hydroxylation is 1. The van der Waals surface area contributed by atoms with E-state index in [0.717, 1.165) is 29.5 Å². The van der Waals surface area contributed by atoms with Gasteiger partial charge in [-0.2, -0.15) is 0 Å². The lowest BCUT2D eigenvalue weighted by Crippen LogP contribution is -2.47. The van der Waals surface area contributed by atoms with Crippen LogP contribution >= 0.6 is 0 Å². The fourth-order valence-corrected chi connectivity index (χ4v) is 5.26. The van der Waals surface area contributed by atoms with Crippen LogP contribution in [0, 0.1) is 6.92 Å². The number of hydrogen-bond donors (Lipinski definition) is 1. The number of nitrogens with one attached hydrogen (secondary N) is 1. The predicted molar refractivity (Wildman–Crippen MR) is 148 cm³/mol. The van der Waals surface area contributed by atoms with Crippen molar-refractivity contribution in [3.05, 3.63) is 77.9 Å². The molecule has 0 aliphatic carbocycles. The summed E-state index contributed by atoms with van der Waals surface area (Å²) in [7, 11) is 0. The normalized spacial score (nSPS) is 17.0. The first-order chi connectivity index (χ1) is 19.6. The Morgan fingerprint density at radius 2 is 1.82 bits per heavy atom. The number of benzene rings is 3. The molecule has 1 saturated heterocycles. The van der Waals surface area contributed by atoms with Crippen LogP contribution in [0.5, 0.6) is 11.5 Å². The number of rotatable bonds is 8. The van der Waals surface area contributed by atoms with Crippen molar-refractivity contribution < 1.29 is 23.8 Å². The minimum atomic E-state index is -0.951. The maximum Gasteiger partial charge on any atom is 0.249 e. The van der Waals surface area contributed by atoms with E-state index in [0.29, 0.717) is 49.1 Å². The summed E-state index contributed by atoms with van der Waals surface area (Å²) >= 11 is 0. The first-order valence-corrected chi connectivity index (χ1v) is 13.5. The van der Waals surface area contributed by atoms with Gasteiger partial charge in [-0.25, -0.2) is 4.68 Å². The zero-order valence-corrected chi connectivity index (χ0v) is 22.3. The molecule has 0 bridgehead atoms. The van der Waals surface area contributed by atoms with E-state index >= 15 is 0 Å². The first kappa shape index (κ1) is 25.8. The van der Waals surface area contributed by atoms with Gasteiger partial charge in [0.1, 0.15) is 31.3 Å². The molecule has 0 saturated carbocycles. The third kappa shape index (κ3) is 5.22. The van der Waals surface area contributed by atoms with Crippen molar-refractivity contribution in [2.75, 3.05) is 31.3 Å². The van der Waals surface area contributed by atoms with Crippen LogP contribution in [-0.4, -0.2) is 59.3 Å². The Hall–Kier alpha value is -4.44. The Bertz CT molecular complexity index is 1530. The first-order valence-electron chi connectivity index (χ1n) is 13.5. The summed E-state index contributed by atoms with van der Waals surface area (Å²) in [5, 5.41) is 11.5. The minimum Gasteiger partial charge on any atom is -0.486 e. The molecule has 206 valence electrons. The Labute approximate surface area is 231 Å². The zero-order valence-electron chi connectivity index (χ0n) is 22.3. The lowest BCUT2D eigenvalue weighted by Gasteiger charge is -2.33. The van der Waals surface area contributed by atoms with Gasteiger partial charge in [0.05, 0.1) is 11.6 Å². The molecule has 3 aromatic carbocycles. The average Bonchev–Trinajstić information content (AvgIpc) is 3.65. The number of carbonyl (C=O) groups excluding carboxylic acids is 2. The highest BCUT2D eigenvalue weighted by Crippen LogP contribution is 2.38. The smallest absolute Gasteiger partial charge is 0.249 e. The fourth-order valence-electron chi connectivity index (χ4n) is 5.26. The van der Waals surface area contributed by atoms with Gasteiger partial charge in [-0.3, -0.25) is 14.5 Å². The molecule has 10 nitrogen and oxygen atoms in total. The monoisotopic (exact) mass is 541 g/mol. The van der Waals surface area contributed by atoms with Crippen molar-refractivity contribution in [3.63, 3.8) is 0 Å². The molecular formula is C30H31N5O5. The topological polar surface area (TPSA) is 108 Å². The van der Waals surface area contributed by atoms with Crippen LogP contribution in [0.15, 0.2) is 66.7 Å². The van der Waals surface area contributed by atoms with E-state index in [-0.39, 0.29) is 24.5 Å². The minimum absolute atomic E-state index is 0.0403. The number of amides is 2. The number of fused-ring (bicyclic) bond motifs is 2. The largest absolute Gasteiger partial charge is 0.486 e. The van der Waals surface area contributed by atoms with Gasteiger partial charge in [-0.1, -0.05) is 41.6 Å². The highest BCUT2D eigenvalue weighted by Gasteiger charge is 2.35. The van der Waals surface area contributed by atoms with E-state index < -0.39 is 6.04 Å². The summed E-state index contributed by atoms with van der Waals surface area (Å²) in [5.41, 5.74) is 3.54. The number of hydrogen-bond acceptors (Lipinski definition) is 7. The van der Waals surface area contributed by atoms with Crippen LogP contribution < -0.4 is 19.7 Å². The van der Waals surface area contributed by atoms with Crippen LogP contribution in [-0.2, 0) is 20.9 Å². The van der Waals surface area contributed by atoms with E-state index in [2.05, 4.69) is 15.6 Å². The summed E-state index contributed by atoms with van der Waals surface area (Å²) in [6.07, 6.45) is 1.82. The van der Waals surface area contributed by atoms with E-state index in [1.54, 1.807) is 22.9 Å². The van der Waals surface area contributed by atoms with Crippen molar-refractivity contribution >= 4 is 28.5 Å². The maximum absolute atomic E-state index is 14.3. The highest BCUT2D eigenvalue weighted by atomic mass is 16.6. The van der Waals surface area contributed by atoms with Crippen molar-refractivity contribution in [1.29, 1.82) is 0 Å². The van der Waals surface area contributed by atoms with Gasteiger partial charge in [0, 0.05) is 24.9 Å². The van der Waals surface area contributed by atoms with Crippen molar-refractivity contribution in [2.24, 2.45) is 0 Å². The van der Waals surface area contributed by atoms with Gasteiger partial charge in [0.25, 0.3) is 0 Å². The molecule has 0 radical (unpaired) electrons. The zero-order chi connectivity index (χ0) is 27.5. The van der Waals surface area contributed by atoms with Crippen molar-refractivity contribution in [1.82, 2.24) is 20.3 Å². The third-order valence-corrected chi connectivity index (χ3v) is 7.30. The number of carbonyl (C=O) groups is 2. The van der Waals surface area contributed by atoms with Gasteiger partial charge in [0.15, 0.2) is 11.5 Å². The molecular weight excluding hydrogens is 510 g/mol. The molecule has 10 heteroatoms. The molecule has 1 fully saturated rings. The Morgan fingerprint density at radius 3 is 2.65 bits per heavy atom. The molecule has 1 N–H and O–H groups in total. The molecule has 6 rings (SSSR count). The van der Waals surface area contributed by atoms with Crippen molar-refractivity contribution in [3.8, 4) is 11.5 Å². The van der Waals surface area contributed by atoms with Gasteiger partial charge < -0.3 is 19.5 Å². The molecule has 0 spiro atoms. The molecule has 4 aromatic rings. The number of nitrogens with zero attached hydrogens (tertiary/aromatic N) is 4. The maximum atomic E-state index is 14.3. The molecule has 2 aliphatic heterocycles. The van der Waals surface area contributed by atoms with Crippen LogP contribution in [0.4, 0.5) is 5.69 Å². The van der Waals surface area contributed by atoms with E-state index in [4.69, 9.17) is 14.2 Å². The van der Waals surface area contributed by atoms with Crippen LogP contribution in [0.1, 0.15) is 30.0 Å². The third-order valence-electron chi connectivity index (χ3n) is 7.30. The number of anilines is 1. The Balaban J connectivity index is 1.42. The standard InChI is InChI=1S/C30H31N5O5/c1-20-7-2-3-9-23(20)29(30(37)31-18-22-8-6-14-38-22)35(21-12-13-26-27(17-21)40-16-15-39-26)28(36)19-34-25-11-5-4-10-24(25)32-33-34/h2-5,7,9-13,17,22,29H,6,8,14-16,18-19H2,1H3,(H,31,37)/t22-,29+/m0/s1. The lowest BCUT2D eigenvalue weighted by atomic mass is 9.98. The van der Waals surface area contributed by atoms with Gasteiger partial charge >= 0.3 is 0 Å².